The number of aromatic nitrogens is 6. The average Bonchev–Trinajstić information content (AvgIpc) is 3.53. The lowest BCUT2D eigenvalue weighted by Crippen LogP contribution is -2.32. The maximum absolute atomic E-state index is 14.2. The Morgan fingerprint density at radius 2 is 1.88 bits per heavy atom. The van der Waals surface area contributed by atoms with E-state index in [0.717, 1.165) is 0 Å². The molecule has 0 aliphatic heterocycles. The molecule has 0 saturated heterocycles. The highest BCUT2D eigenvalue weighted by molar-refractivity contribution is 6.04. The minimum absolute atomic E-state index is 0.0680. The number of hydrogen-bond donors (Lipinski definition) is 2. The lowest BCUT2D eigenvalue weighted by Gasteiger charge is -2.21. The Bertz CT molecular complexity index is 2030. The van der Waals surface area contributed by atoms with Crippen LogP contribution in [-0.2, 0) is 7.05 Å². The number of aryl methyl sites for hydroxylation is 1. The van der Waals surface area contributed by atoms with Gasteiger partial charge in [0.05, 0.1) is 17.8 Å². The molecule has 0 radical (unpaired) electrons. The van der Waals surface area contributed by atoms with Gasteiger partial charge < -0.3 is 15.6 Å². The first-order valence-corrected chi connectivity index (χ1v) is 12.5. The zero-order valence-electron chi connectivity index (χ0n) is 21.7. The summed E-state index contributed by atoms with van der Waals surface area (Å²) < 4.78 is 4.88. The number of pyridine rings is 1. The van der Waals surface area contributed by atoms with E-state index in [-0.39, 0.29) is 16.9 Å². The number of para-hydroxylation sites is 1. The number of fused-ring (bicyclic) bond motifs is 2. The highest BCUT2D eigenvalue weighted by Gasteiger charge is 2.24. The van der Waals surface area contributed by atoms with Gasteiger partial charge in [-0.05, 0) is 48.6 Å². The number of amides is 1. The van der Waals surface area contributed by atoms with Gasteiger partial charge in [-0.3, -0.25) is 14.2 Å². The Hall–Kier alpha value is -5.69. The lowest BCUT2D eigenvalue weighted by atomic mass is 10.0. The molecule has 0 unspecified atom stereocenters. The van der Waals surface area contributed by atoms with Crippen LogP contribution in [0.4, 0.5) is 5.82 Å². The van der Waals surface area contributed by atoms with Crippen molar-refractivity contribution >= 4 is 28.1 Å². The van der Waals surface area contributed by atoms with Gasteiger partial charge in [0, 0.05) is 42.6 Å². The molecule has 0 spiro atoms. The number of hydrogen-bond acceptors (Lipinski definition) is 6. The van der Waals surface area contributed by atoms with E-state index >= 15 is 0 Å². The van der Waals surface area contributed by atoms with Crippen LogP contribution in [0.1, 0.15) is 40.3 Å². The Morgan fingerprint density at radius 1 is 1.05 bits per heavy atom. The first kappa shape index (κ1) is 24.6. The van der Waals surface area contributed by atoms with E-state index in [4.69, 9.17) is 5.73 Å². The number of nitrogens with one attached hydrogen (secondary N) is 1. The van der Waals surface area contributed by atoms with Gasteiger partial charge >= 0.3 is 0 Å². The monoisotopic (exact) mass is 528 g/mol. The van der Waals surface area contributed by atoms with Crippen LogP contribution in [0.3, 0.4) is 0 Å². The first-order chi connectivity index (χ1) is 19.4. The molecule has 1 amide bonds. The Morgan fingerprint density at radius 3 is 2.65 bits per heavy atom. The van der Waals surface area contributed by atoms with Gasteiger partial charge in [-0.15, -0.1) is 5.10 Å². The number of carbonyl (C=O) groups excluding carboxylic acids is 1. The van der Waals surface area contributed by atoms with E-state index in [1.807, 2.05) is 79.3 Å². The van der Waals surface area contributed by atoms with Gasteiger partial charge in [0.25, 0.3) is 11.5 Å². The summed E-state index contributed by atoms with van der Waals surface area (Å²) in [6, 6.07) is 17.9. The van der Waals surface area contributed by atoms with Gasteiger partial charge in [-0.2, -0.15) is 0 Å². The predicted molar refractivity (Wildman–Crippen MR) is 152 cm³/mol. The van der Waals surface area contributed by atoms with Crippen molar-refractivity contribution in [1.82, 2.24) is 34.0 Å². The Kier molecular flexibility index (Phi) is 6.09. The molecule has 6 rings (SSSR count). The van der Waals surface area contributed by atoms with Crippen LogP contribution in [0.2, 0.25) is 0 Å². The molecule has 3 N–H and O–H groups in total. The largest absolute Gasteiger partial charge is 0.381 e. The number of nitrogen functional groups attached to an aromatic ring is 1. The second kappa shape index (κ2) is 9.89. The van der Waals surface area contributed by atoms with Gasteiger partial charge in [0.2, 0.25) is 0 Å². The van der Waals surface area contributed by atoms with E-state index < -0.39 is 11.9 Å². The fourth-order valence-corrected chi connectivity index (χ4v) is 4.72. The molecule has 6 aromatic rings. The van der Waals surface area contributed by atoms with Gasteiger partial charge in [0.1, 0.15) is 11.3 Å². The molecule has 40 heavy (non-hydrogen) atoms. The summed E-state index contributed by atoms with van der Waals surface area (Å²) in [4.78, 5) is 36.1. The number of carbonyl (C=O) groups is 1. The second-order valence-electron chi connectivity index (χ2n) is 9.33. The smallest absolute Gasteiger partial charge is 0.264 e. The number of nitrogens with zero attached hydrogens (tertiary/aromatic N) is 6. The molecule has 0 aliphatic carbocycles. The minimum atomic E-state index is -0.578. The minimum Gasteiger partial charge on any atom is -0.381 e. The third-order valence-electron chi connectivity index (χ3n) is 6.56. The number of benzene rings is 2. The average molecular weight is 529 g/mol. The third kappa shape index (κ3) is 4.35. The van der Waals surface area contributed by atoms with Gasteiger partial charge in [-0.25, -0.2) is 14.5 Å². The molecule has 0 fully saturated rings. The van der Waals surface area contributed by atoms with Crippen molar-refractivity contribution in [3.8, 4) is 17.5 Å². The molecule has 10 nitrogen and oxygen atoms in total. The summed E-state index contributed by atoms with van der Waals surface area (Å²) >= 11 is 0. The topological polar surface area (TPSA) is 125 Å². The van der Waals surface area contributed by atoms with Crippen molar-refractivity contribution in [3.63, 3.8) is 0 Å². The molecule has 10 heteroatoms. The highest BCUT2D eigenvalue weighted by atomic mass is 16.2. The maximum atomic E-state index is 14.2. The van der Waals surface area contributed by atoms with Crippen LogP contribution < -0.4 is 16.6 Å². The molecular formula is C30H24N8O2. The van der Waals surface area contributed by atoms with Crippen molar-refractivity contribution in [2.75, 3.05) is 5.73 Å². The highest BCUT2D eigenvalue weighted by Crippen LogP contribution is 2.24. The fourth-order valence-electron chi connectivity index (χ4n) is 4.72. The molecule has 1 atom stereocenters. The lowest BCUT2D eigenvalue weighted by molar-refractivity contribution is 0.0941. The van der Waals surface area contributed by atoms with Crippen molar-refractivity contribution in [2.45, 2.75) is 13.0 Å². The Labute approximate surface area is 228 Å². The van der Waals surface area contributed by atoms with Crippen molar-refractivity contribution in [3.05, 3.63) is 118 Å². The number of imidazole rings is 1. The van der Waals surface area contributed by atoms with Gasteiger partial charge in [0.15, 0.2) is 11.5 Å². The van der Waals surface area contributed by atoms with Crippen molar-refractivity contribution < 1.29 is 4.79 Å². The van der Waals surface area contributed by atoms with E-state index in [0.29, 0.717) is 39.1 Å². The number of anilines is 1. The summed E-state index contributed by atoms with van der Waals surface area (Å²) in [6.45, 7) is 1.82. The molecular weight excluding hydrogens is 504 g/mol. The number of nitrogens with two attached hydrogens (primary N) is 1. The van der Waals surface area contributed by atoms with Crippen LogP contribution in [0.15, 0.2) is 90.4 Å². The van der Waals surface area contributed by atoms with E-state index in [9.17, 15) is 9.59 Å². The zero-order chi connectivity index (χ0) is 27.8. The summed E-state index contributed by atoms with van der Waals surface area (Å²) in [5.41, 5.74) is 8.80. The van der Waals surface area contributed by atoms with E-state index in [1.165, 1.54) is 4.52 Å². The summed E-state index contributed by atoms with van der Waals surface area (Å²) in [5.74, 6) is 5.79. The van der Waals surface area contributed by atoms with Crippen LogP contribution >= 0.6 is 0 Å². The van der Waals surface area contributed by atoms with Gasteiger partial charge in [-0.1, -0.05) is 36.3 Å². The summed E-state index contributed by atoms with van der Waals surface area (Å²) in [7, 11) is 1.87. The zero-order valence-corrected chi connectivity index (χ0v) is 21.7. The Balaban J connectivity index is 1.48. The molecule has 2 aromatic carbocycles. The molecule has 0 bridgehead atoms. The van der Waals surface area contributed by atoms with Crippen LogP contribution in [0.25, 0.3) is 22.1 Å². The van der Waals surface area contributed by atoms with Crippen LogP contribution in [-0.4, -0.2) is 34.6 Å². The van der Waals surface area contributed by atoms with Crippen molar-refractivity contribution in [2.24, 2.45) is 7.05 Å². The third-order valence-corrected chi connectivity index (χ3v) is 6.56. The van der Waals surface area contributed by atoms with Crippen LogP contribution in [0.5, 0.6) is 0 Å². The second-order valence-corrected chi connectivity index (χ2v) is 9.33. The maximum Gasteiger partial charge on any atom is 0.264 e. The van der Waals surface area contributed by atoms with Crippen LogP contribution in [0, 0.1) is 11.8 Å². The molecule has 4 aromatic heterocycles. The van der Waals surface area contributed by atoms with Crippen molar-refractivity contribution in [1.29, 1.82) is 0 Å². The molecule has 0 saturated carbocycles. The molecule has 0 aliphatic rings. The standard InChI is InChI=1S/C30H24N8O2/c1-19(34-29(39)26-27(31)35-37-15-7-14-32-28(26)37)24-16-21-9-6-8-20(12-13-22-17-36(2)18-33-22)25(21)30(40)38(24)23-10-4-3-5-11-23/h3-11,14-19H,1-2H3,(H2,31,35)(H,34,39)/t19-/m1/s1. The normalized spacial score (nSPS) is 11.8. The first-order valence-electron chi connectivity index (χ1n) is 12.5. The predicted octanol–water partition coefficient (Wildman–Crippen LogP) is 3.24. The SMILES string of the molecule is C[C@@H](NC(=O)c1c(N)nn2cccnc12)c1cc2cccc(C#Cc3cn(C)cn3)c2c(=O)n1-c1ccccc1. The molecule has 4 heterocycles. The van der Waals surface area contributed by atoms with E-state index in [2.05, 4.69) is 32.2 Å². The number of rotatable bonds is 4. The quantitative estimate of drug-likeness (QED) is 0.339. The fraction of sp³-hybridized carbons (Fsp3) is 0.100. The molecule has 196 valence electrons. The summed E-state index contributed by atoms with van der Waals surface area (Å²) in [5, 5.41) is 8.36. The van der Waals surface area contributed by atoms with E-state index in [1.54, 1.807) is 29.4 Å². The summed E-state index contributed by atoms with van der Waals surface area (Å²) in [6.07, 6.45) is 6.73.